The van der Waals surface area contributed by atoms with Crippen LogP contribution in [-0.4, -0.2) is 31.4 Å². The highest BCUT2D eigenvalue weighted by atomic mass is 32.2. The van der Waals surface area contributed by atoms with Crippen LogP contribution in [0.25, 0.3) is 0 Å². The molecule has 20 heavy (non-hydrogen) atoms. The zero-order valence-electron chi connectivity index (χ0n) is 11.5. The van der Waals surface area contributed by atoms with Gasteiger partial charge in [-0.2, -0.15) is 0 Å². The Morgan fingerprint density at radius 3 is 2.60 bits per heavy atom. The molecule has 0 unspecified atom stereocenters. The maximum Gasteiger partial charge on any atom is 0.191 e. The molecule has 0 fully saturated rings. The molecular formula is C14H17N3O2S. The van der Waals surface area contributed by atoms with Crippen molar-refractivity contribution in [2.45, 2.75) is 25.1 Å². The van der Waals surface area contributed by atoms with E-state index in [1.807, 2.05) is 31.2 Å². The van der Waals surface area contributed by atoms with Crippen molar-refractivity contribution in [2.24, 2.45) is 7.05 Å². The number of Topliss-reactive ketones (excluding diaryl/α,β-unsaturated/α-hetero) is 1. The average Bonchev–Trinajstić information content (AvgIpc) is 2.80. The lowest BCUT2D eigenvalue weighted by molar-refractivity contribution is 0.0989. The molecule has 0 radical (unpaired) electrons. The fraction of sp³-hybridized carbons (Fsp3) is 0.357. The highest BCUT2D eigenvalue weighted by molar-refractivity contribution is 7.99. The predicted octanol–water partition coefficient (Wildman–Crippen LogP) is 1.98. The van der Waals surface area contributed by atoms with Gasteiger partial charge in [0.05, 0.1) is 0 Å². The largest absolute Gasteiger partial charge is 0.388 e. The molecule has 0 saturated carbocycles. The van der Waals surface area contributed by atoms with Gasteiger partial charge < -0.3 is 9.67 Å². The minimum Gasteiger partial charge on any atom is -0.388 e. The minimum absolute atomic E-state index is 0.127. The van der Waals surface area contributed by atoms with E-state index in [4.69, 9.17) is 5.11 Å². The molecule has 1 heterocycles. The normalized spacial score (nSPS) is 10.8. The Hall–Kier alpha value is -1.66. The Bertz CT molecular complexity index is 593. The minimum atomic E-state index is -0.133. The van der Waals surface area contributed by atoms with Crippen LogP contribution in [0.2, 0.25) is 0 Å². The maximum atomic E-state index is 12.0. The van der Waals surface area contributed by atoms with Crippen molar-refractivity contribution in [3.63, 3.8) is 0 Å². The summed E-state index contributed by atoms with van der Waals surface area (Å²) in [5.41, 5.74) is 1.89. The van der Waals surface area contributed by atoms with Gasteiger partial charge in [-0.05, 0) is 6.92 Å². The standard InChI is InChI=1S/C14H17N3O2S/c1-10-3-5-11(6-4-10)12(19)7-8-20-14-16-15-13(9-18)17(14)2/h3-6,18H,7-9H2,1-2H3. The highest BCUT2D eigenvalue weighted by Gasteiger charge is 2.10. The van der Waals surface area contributed by atoms with E-state index in [0.717, 1.165) is 11.1 Å². The SMILES string of the molecule is Cc1ccc(C(=O)CCSc2nnc(CO)n2C)cc1. The monoisotopic (exact) mass is 291 g/mol. The molecule has 0 bridgehead atoms. The first-order valence-electron chi connectivity index (χ1n) is 6.33. The number of aryl methyl sites for hydroxylation is 1. The number of thioether (sulfide) groups is 1. The van der Waals surface area contributed by atoms with Crippen LogP contribution in [0.4, 0.5) is 0 Å². The number of carbonyl (C=O) groups is 1. The van der Waals surface area contributed by atoms with E-state index in [1.54, 1.807) is 11.6 Å². The summed E-state index contributed by atoms with van der Waals surface area (Å²) >= 11 is 1.47. The Kier molecular flexibility index (Phi) is 4.92. The molecule has 0 aliphatic heterocycles. The van der Waals surface area contributed by atoms with Crippen molar-refractivity contribution >= 4 is 17.5 Å². The van der Waals surface area contributed by atoms with E-state index in [-0.39, 0.29) is 12.4 Å². The van der Waals surface area contributed by atoms with Gasteiger partial charge in [0.1, 0.15) is 6.61 Å². The Balaban J connectivity index is 1.87. The van der Waals surface area contributed by atoms with Crippen molar-refractivity contribution in [3.05, 3.63) is 41.2 Å². The van der Waals surface area contributed by atoms with Gasteiger partial charge in [0.25, 0.3) is 0 Å². The third-order valence-electron chi connectivity index (χ3n) is 3.00. The molecule has 5 nitrogen and oxygen atoms in total. The summed E-state index contributed by atoms with van der Waals surface area (Å²) < 4.78 is 1.74. The van der Waals surface area contributed by atoms with Crippen LogP contribution < -0.4 is 0 Å². The third-order valence-corrected chi connectivity index (χ3v) is 4.02. The summed E-state index contributed by atoms with van der Waals surface area (Å²) in [6.45, 7) is 1.86. The summed E-state index contributed by atoms with van der Waals surface area (Å²) in [7, 11) is 1.80. The lowest BCUT2D eigenvalue weighted by atomic mass is 10.1. The van der Waals surface area contributed by atoms with Gasteiger partial charge in [-0.1, -0.05) is 41.6 Å². The summed E-state index contributed by atoms with van der Waals surface area (Å²) in [4.78, 5) is 12.0. The first-order valence-corrected chi connectivity index (χ1v) is 7.32. The van der Waals surface area contributed by atoms with Gasteiger partial charge in [0, 0.05) is 24.8 Å². The Morgan fingerprint density at radius 1 is 1.30 bits per heavy atom. The molecule has 2 rings (SSSR count). The summed E-state index contributed by atoms with van der Waals surface area (Å²) in [6.07, 6.45) is 0.453. The third kappa shape index (κ3) is 3.46. The van der Waals surface area contributed by atoms with Crippen LogP contribution in [0, 0.1) is 6.92 Å². The van der Waals surface area contributed by atoms with Gasteiger partial charge in [-0.25, -0.2) is 0 Å². The van der Waals surface area contributed by atoms with Crippen molar-refractivity contribution in [3.8, 4) is 0 Å². The number of aliphatic hydroxyl groups excluding tert-OH is 1. The van der Waals surface area contributed by atoms with Gasteiger partial charge in [-0.3, -0.25) is 4.79 Å². The van der Waals surface area contributed by atoms with E-state index in [1.165, 1.54) is 11.8 Å². The number of ketones is 1. The van der Waals surface area contributed by atoms with E-state index in [2.05, 4.69) is 10.2 Å². The van der Waals surface area contributed by atoms with E-state index in [0.29, 0.717) is 23.2 Å². The molecule has 106 valence electrons. The Labute approximate surface area is 122 Å². The number of hydrogen-bond donors (Lipinski definition) is 1. The zero-order valence-corrected chi connectivity index (χ0v) is 12.4. The van der Waals surface area contributed by atoms with Crippen molar-refractivity contribution < 1.29 is 9.90 Å². The predicted molar refractivity (Wildman–Crippen MR) is 77.8 cm³/mol. The molecule has 0 saturated heterocycles. The number of rotatable bonds is 6. The number of aromatic nitrogens is 3. The van der Waals surface area contributed by atoms with Gasteiger partial charge in [0.15, 0.2) is 16.8 Å². The molecule has 0 aliphatic rings. The quantitative estimate of drug-likeness (QED) is 0.651. The molecule has 2 aromatic rings. The molecule has 1 aromatic carbocycles. The molecule has 0 amide bonds. The molecule has 0 aliphatic carbocycles. The van der Waals surface area contributed by atoms with E-state index >= 15 is 0 Å². The molecule has 6 heteroatoms. The first-order chi connectivity index (χ1) is 9.61. The fourth-order valence-corrected chi connectivity index (χ4v) is 2.59. The smallest absolute Gasteiger partial charge is 0.191 e. The fourth-order valence-electron chi connectivity index (χ4n) is 1.73. The number of carbonyl (C=O) groups excluding carboxylic acids is 1. The van der Waals surface area contributed by atoms with Crippen molar-refractivity contribution in [2.75, 3.05) is 5.75 Å². The molecule has 1 aromatic heterocycles. The number of aliphatic hydroxyl groups is 1. The maximum absolute atomic E-state index is 12.0. The van der Waals surface area contributed by atoms with Gasteiger partial charge in [0.2, 0.25) is 0 Å². The second-order valence-electron chi connectivity index (χ2n) is 4.50. The summed E-state index contributed by atoms with van der Waals surface area (Å²) in [6, 6.07) is 7.59. The lowest BCUT2D eigenvalue weighted by Crippen LogP contribution is -2.02. The zero-order chi connectivity index (χ0) is 14.5. The topological polar surface area (TPSA) is 68.0 Å². The summed E-state index contributed by atoms with van der Waals surface area (Å²) in [5.74, 6) is 1.30. The molecule has 0 spiro atoms. The van der Waals surface area contributed by atoms with Crippen LogP contribution in [-0.2, 0) is 13.7 Å². The van der Waals surface area contributed by atoms with E-state index in [9.17, 15) is 4.79 Å². The van der Waals surface area contributed by atoms with Crippen LogP contribution in [0.1, 0.15) is 28.2 Å². The highest BCUT2D eigenvalue weighted by Crippen LogP contribution is 2.18. The van der Waals surface area contributed by atoms with Crippen LogP contribution >= 0.6 is 11.8 Å². The lowest BCUT2D eigenvalue weighted by Gasteiger charge is -2.03. The van der Waals surface area contributed by atoms with Gasteiger partial charge in [-0.15, -0.1) is 10.2 Å². The average molecular weight is 291 g/mol. The van der Waals surface area contributed by atoms with Gasteiger partial charge >= 0.3 is 0 Å². The molecule has 1 N–H and O–H groups in total. The van der Waals surface area contributed by atoms with Crippen molar-refractivity contribution in [1.82, 2.24) is 14.8 Å². The molecule has 0 atom stereocenters. The summed E-state index contributed by atoms with van der Waals surface area (Å²) in [5, 5.41) is 17.6. The number of benzene rings is 1. The van der Waals surface area contributed by atoms with Crippen LogP contribution in [0.5, 0.6) is 0 Å². The van der Waals surface area contributed by atoms with Crippen molar-refractivity contribution in [1.29, 1.82) is 0 Å². The number of nitrogens with zero attached hydrogens (tertiary/aromatic N) is 3. The number of hydrogen-bond acceptors (Lipinski definition) is 5. The second-order valence-corrected chi connectivity index (χ2v) is 5.57. The first kappa shape index (κ1) is 14.7. The van der Waals surface area contributed by atoms with E-state index < -0.39 is 0 Å². The van der Waals surface area contributed by atoms with Crippen LogP contribution in [0.15, 0.2) is 29.4 Å². The van der Waals surface area contributed by atoms with Crippen LogP contribution in [0.3, 0.4) is 0 Å². The second kappa shape index (κ2) is 6.67. The Morgan fingerprint density at radius 2 is 2.00 bits per heavy atom. The molecular weight excluding hydrogens is 274 g/mol.